The standard InChI is InChI=1S/C42H39FN4O7S/c43-31-16-10-27(11-17-31)22-35-40(50)47-37(42(52)53)23-28-12-18-32(19-13-28)54-25-38(48)44-36(24-33-7-4-20-55-33)41(51)46-34(39(49)45-35)21-26-8-14-30(15-9-26)29-5-2-1-3-6-29/h1-20,34-37H,21-25H2,(H,44,48)(H,45,49)(H,46,51)(H,47,50)(H,52,53)/t34-,35+,36+,37+/m1/s1. The normalized spacial score (nSPS) is 19.7. The van der Waals surface area contributed by atoms with Crippen molar-refractivity contribution in [2.45, 2.75) is 49.9 Å². The third-order valence-corrected chi connectivity index (χ3v) is 10.0. The molecular formula is C42H39FN4O7S. The number of carboxylic acid groups (broad SMARTS) is 1. The maximum absolute atomic E-state index is 14.3. The highest BCUT2D eigenvalue weighted by Gasteiger charge is 2.32. The minimum absolute atomic E-state index is 0.00599. The van der Waals surface area contributed by atoms with E-state index in [0.29, 0.717) is 22.4 Å². The lowest BCUT2D eigenvalue weighted by Crippen LogP contribution is -2.59. The first-order chi connectivity index (χ1) is 26.6. The van der Waals surface area contributed by atoms with E-state index in [9.17, 15) is 33.5 Å². The van der Waals surface area contributed by atoms with Gasteiger partial charge < -0.3 is 31.1 Å². The number of aliphatic carboxylic acids is 1. The fraction of sp³-hybridized carbons (Fsp3) is 0.214. The van der Waals surface area contributed by atoms with Crippen LogP contribution in [0.1, 0.15) is 21.6 Å². The predicted octanol–water partition coefficient (Wildman–Crippen LogP) is 4.24. The van der Waals surface area contributed by atoms with Crippen LogP contribution >= 0.6 is 11.3 Å². The third kappa shape index (κ3) is 10.9. The summed E-state index contributed by atoms with van der Waals surface area (Å²) in [5.41, 5.74) is 3.69. The Balaban J connectivity index is 1.34. The van der Waals surface area contributed by atoms with E-state index in [4.69, 9.17) is 4.74 Å². The Labute approximate surface area is 320 Å². The molecule has 2 aliphatic rings. The van der Waals surface area contributed by atoms with Gasteiger partial charge >= 0.3 is 5.97 Å². The number of rotatable bonds is 8. The molecule has 0 saturated heterocycles. The second-order valence-electron chi connectivity index (χ2n) is 13.2. The number of carbonyl (C=O) groups excluding carboxylic acids is 4. The van der Waals surface area contributed by atoms with Gasteiger partial charge in [-0.1, -0.05) is 84.9 Å². The van der Waals surface area contributed by atoms with Gasteiger partial charge in [-0.25, -0.2) is 9.18 Å². The maximum atomic E-state index is 14.3. The van der Waals surface area contributed by atoms with E-state index in [-0.39, 0.29) is 25.7 Å². The van der Waals surface area contributed by atoms with Crippen LogP contribution in [-0.2, 0) is 49.7 Å². The van der Waals surface area contributed by atoms with Gasteiger partial charge in [0, 0.05) is 30.6 Å². The molecule has 0 aliphatic carbocycles. The zero-order valence-corrected chi connectivity index (χ0v) is 30.4. The second kappa shape index (κ2) is 18.1. The monoisotopic (exact) mass is 762 g/mol. The second-order valence-corrected chi connectivity index (χ2v) is 14.2. The lowest BCUT2D eigenvalue weighted by Gasteiger charge is -2.26. The maximum Gasteiger partial charge on any atom is 0.326 e. The highest BCUT2D eigenvalue weighted by atomic mass is 32.1. The summed E-state index contributed by atoms with van der Waals surface area (Å²) in [7, 11) is 0. The highest BCUT2D eigenvalue weighted by Crippen LogP contribution is 2.21. The van der Waals surface area contributed by atoms with E-state index in [2.05, 4.69) is 21.3 Å². The van der Waals surface area contributed by atoms with Crippen molar-refractivity contribution in [1.82, 2.24) is 21.3 Å². The molecular weight excluding hydrogens is 724 g/mol. The number of hydrogen-bond acceptors (Lipinski definition) is 7. The summed E-state index contributed by atoms with van der Waals surface area (Å²) >= 11 is 1.41. The zero-order chi connectivity index (χ0) is 38.7. The van der Waals surface area contributed by atoms with Gasteiger partial charge in [0.15, 0.2) is 6.61 Å². The van der Waals surface area contributed by atoms with E-state index in [1.165, 1.54) is 35.6 Å². The number of halogens is 1. The van der Waals surface area contributed by atoms with Gasteiger partial charge in [-0.15, -0.1) is 11.3 Å². The molecule has 7 rings (SSSR count). The number of carbonyl (C=O) groups is 5. The van der Waals surface area contributed by atoms with Crippen molar-refractivity contribution in [3.05, 3.63) is 148 Å². The predicted molar refractivity (Wildman–Crippen MR) is 205 cm³/mol. The fourth-order valence-corrected chi connectivity index (χ4v) is 6.92. The summed E-state index contributed by atoms with van der Waals surface area (Å²) in [5.74, 6) is -4.20. The van der Waals surface area contributed by atoms with E-state index in [1.807, 2.05) is 72.1 Å². The van der Waals surface area contributed by atoms with Crippen LogP contribution in [0.4, 0.5) is 4.39 Å². The van der Waals surface area contributed by atoms with Crippen LogP contribution < -0.4 is 26.0 Å². The van der Waals surface area contributed by atoms with Gasteiger partial charge in [0.25, 0.3) is 5.91 Å². The molecule has 13 heteroatoms. The number of thiophene rings is 1. The molecule has 4 atom stereocenters. The topological polar surface area (TPSA) is 163 Å². The largest absolute Gasteiger partial charge is 0.484 e. The Morgan fingerprint density at radius 2 is 1.22 bits per heavy atom. The molecule has 5 N–H and O–H groups in total. The molecule has 0 radical (unpaired) electrons. The number of hydrogen-bond donors (Lipinski definition) is 5. The molecule has 55 heavy (non-hydrogen) atoms. The van der Waals surface area contributed by atoms with Crippen LogP contribution in [0.25, 0.3) is 11.1 Å². The van der Waals surface area contributed by atoms with Gasteiger partial charge in [-0.05, 0) is 63.5 Å². The van der Waals surface area contributed by atoms with Crippen LogP contribution in [0.15, 0.2) is 121 Å². The van der Waals surface area contributed by atoms with Crippen LogP contribution in [0.5, 0.6) is 5.75 Å². The smallest absolute Gasteiger partial charge is 0.326 e. The lowest BCUT2D eigenvalue weighted by molar-refractivity contribution is -0.142. The van der Waals surface area contributed by atoms with Gasteiger partial charge in [-0.2, -0.15) is 0 Å². The van der Waals surface area contributed by atoms with Gasteiger partial charge in [0.2, 0.25) is 17.7 Å². The van der Waals surface area contributed by atoms with Gasteiger partial charge in [0.1, 0.15) is 35.7 Å². The first-order valence-corrected chi connectivity index (χ1v) is 18.5. The number of amides is 4. The molecule has 1 aromatic heterocycles. The summed E-state index contributed by atoms with van der Waals surface area (Å²) in [4.78, 5) is 68.6. The highest BCUT2D eigenvalue weighted by molar-refractivity contribution is 7.09. The van der Waals surface area contributed by atoms with E-state index >= 15 is 0 Å². The van der Waals surface area contributed by atoms with Crippen molar-refractivity contribution in [3.8, 4) is 16.9 Å². The van der Waals surface area contributed by atoms with Gasteiger partial charge in [-0.3, -0.25) is 19.2 Å². The quantitative estimate of drug-likeness (QED) is 0.148. The molecule has 0 fully saturated rings. The number of fused-ring (bicyclic) bond motifs is 16. The minimum Gasteiger partial charge on any atom is -0.484 e. The summed E-state index contributed by atoms with van der Waals surface area (Å²) in [6.07, 6.45) is -0.0664. The Bertz CT molecular complexity index is 2090. The molecule has 3 heterocycles. The first-order valence-electron chi connectivity index (χ1n) is 17.7. The fourth-order valence-electron chi connectivity index (χ4n) is 6.17. The molecule has 0 saturated carbocycles. The SMILES string of the molecule is O=C1COc2ccc(cc2)C[C@@H](C(=O)O)NC(=O)[C@H](Cc2ccc(F)cc2)NC(=O)[C@@H](Cc2ccc(-c3ccccc3)cc2)NC(=O)[C@H](Cc2cccs2)N1. The van der Waals surface area contributed by atoms with Crippen molar-refractivity contribution in [3.63, 3.8) is 0 Å². The minimum atomic E-state index is -1.38. The van der Waals surface area contributed by atoms with E-state index in [0.717, 1.165) is 16.0 Å². The summed E-state index contributed by atoms with van der Waals surface area (Å²) in [5, 5.41) is 22.8. The van der Waals surface area contributed by atoms with Crippen molar-refractivity contribution in [2.75, 3.05) is 6.61 Å². The van der Waals surface area contributed by atoms with Crippen LogP contribution in [0.2, 0.25) is 0 Å². The summed E-state index contributed by atoms with van der Waals surface area (Å²) < 4.78 is 19.5. The number of ether oxygens (including phenoxy) is 1. The Morgan fingerprint density at radius 3 is 1.80 bits per heavy atom. The molecule has 4 amide bonds. The van der Waals surface area contributed by atoms with Crippen LogP contribution in [0.3, 0.4) is 0 Å². The summed E-state index contributed by atoms with van der Waals surface area (Å²) in [6, 6.07) is 27.6. The first kappa shape index (κ1) is 38.4. The molecule has 4 aromatic carbocycles. The number of carboxylic acids is 1. The average Bonchev–Trinajstić information content (AvgIpc) is 3.71. The lowest BCUT2D eigenvalue weighted by atomic mass is 9.99. The molecule has 2 bridgehead atoms. The van der Waals surface area contributed by atoms with Crippen molar-refractivity contribution < 1.29 is 38.2 Å². The van der Waals surface area contributed by atoms with Crippen LogP contribution in [-0.4, -0.2) is 65.5 Å². The average molecular weight is 763 g/mol. The van der Waals surface area contributed by atoms with Crippen LogP contribution in [0, 0.1) is 5.82 Å². The van der Waals surface area contributed by atoms with Gasteiger partial charge in [0.05, 0.1) is 0 Å². The van der Waals surface area contributed by atoms with E-state index in [1.54, 1.807) is 24.3 Å². The Morgan fingerprint density at radius 1 is 0.655 bits per heavy atom. The van der Waals surface area contributed by atoms with Crippen molar-refractivity contribution >= 4 is 40.9 Å². The van der Waals surface area contributed by atoms with E-state index < -0.39 is 66.2 Å². The molecule has 2 aliphatic heterocycles. The Kier molecular flexibility index (Phi) is 12.7. The molecule has 5 aromatic rings. The molecule has 0 unspecified atom stereocenters. The molecule has 0 spiro atoms. The van der Waals surface area contributed by atoms with Crippen molar-refractivity contribution in [1.29, 1.82) is 0 Å². The molecule has 11 nitrogen and oxygen atoms in total. The Hall–Kier alpha value is -6.34. The van der Waals surface area contributed by atoms with Crippen molar-refractivity contribution in [2.24, 2.45) is 0 Å². The number of nitrogens with one attached hydrogen (secondary N) is 4. The number of benzene rings is 4. The zero-order valence-electron chi connectivity index (χ0n) is 29.6. The third-order valence-electron chi connectivity index (χ3n) is 9.10. The summed E-state index contributed by atoms with van der Waals surface area (Å²) in [6.45, 7) is -0.413. The molecule has 282 valence electrons.